The number of phenols is 1. The summed E-state index contributed by atoms with van der Waals surface area (Å²) in [5.41, 5.74) is 0.799. The molecule has 1 aromatic rings. The second kappa shape index (κ2) is 7.23. The van der Waals surface area contributed by atoms with E-state index in [0.717, 1.165) is 16.5 Å². The van der Waals surface area contributed by atoms with Gasteiger partial charge in [0.25, 0.3) is 0 Å². The second-order valence-corrected chi connectivity index (χ2v) is 6.99. The Balaban J connectivity index is 2.61. The van der Waals surface area contributed by atoms with Crippen LogP contribution in [-0.2, 0) is 10.0 Å². The maximum atomic E-state index is 10.8. The Morgan fingerprint density at radius 1 is 1.47 bits per heavy atom. The van der Waals surface area contributed by atoms with Crippen LogP contribution in [0, 0.1) is 0 Å². The molecule has 0 heterocycles. The van der Waals surface area contributed by atoms with Gasteiger partial charge in [-0.1, -0.05) is 22.9 Å². The average Bonchev–Trinajstić information content (AvgIpc) is 2.32. The lowest BCUT2D eigenvalue weighted by Crippen LogP contribution is -2.25. The van der Waals surface area contributed by atoms with Gasteiger partial charge in [-0.05, 0) is 37.6 Å². The first-order chi connectivity index (χ1) is 8.83. The highest BCUT2D eigenvalue weighted by Gasteiger charge is 2.13. The van der Waals surface area contributed by atoms with Crippen LogP contribution in [0.4, 0.5) is 0 Å². The molecular formula is C12H19BrN2O3S. The SMILES string of the molecule is CCC(NCCCS(N)(=O)=O)c1cc(Br)ccc1O. The van der Waals surface area contributed by atoms with Crippen LogP contribution in [0.15, 0.2) is 22.7 Å². The maximum Gasteiger partial charge on any atom is 0.209 e. The van der Waals surface area contributed by atoms with Crippen LogP contribution in [0.3, 0.4) is 0 Å². The fraction of sp³-hybridized carbons (Fsp3) is 0.500. The van der Waals surface area contributed by atoms with Crippen LogP contribution in [0.1, 0.15) is 31.4 Å². The molecule has 0 aliphatic rings. The summed E-state index contributed by atoms with van der Waals surface area (Å²) in [6.07, 6.45) is 1.24. The monoisotopic (exact) mass is 350 g/mol. The third kappa shape index (κ3) is 5.90. The first kappa shape index (κ1) is 16.4. The van der Waals surface area contributed by atoms with E-state index in [4.69, 9.17) is 5.14 Å². The minimum Gasteiger partial charge on any atom is -0.508 e. The topological polar surface area (TPSA) is 92.4 Å². The van der Waals surface area contributed by atoms with Crippen molar-refractivity contribution in [3.8, 4) is 5.75 Å². The van der Waals surface area contributed by atoms with Gasteiger partial charge in [0, 0.05) is 16.1 Å². The lowest BCUT2D eigenvalue weighted by Gasteiger charge is -2.18. The molecule has 7 heteroatoms. The average molecular weight is 351 g/mol. The van der Waals surface area contributed by atoms with Crippen molar-refractivity contribution in [3.63, 3.8) is 0 Å². The molecule has 0 saturated heterocycles. The van der Waals surface area contributed by atoms with E-state index in [1.807, 2.05) is 13.0 Å². The van der Waals surface area contributed by atoms with Gasteiger partial charge in [-0.2, -0.15) is 0 Å². The number of nitrogens with one attached hydrogen (secondary N) is 1. The van der Waals surface area contributed by atoms with Gasteiger partial charge < -0.3 is 10.4 Å². The fourth-order valence-corrected chi connectivity index (χ4v) is 2.75. The van der Waals surface area contributed by atoms with Gasteiger partial charge in [-0.25, -0.2) is 13.6 Å². The van der Waals surface area contributed by atoms with Crippen LogP contribution >= 0.6 is 15.9 Å². The molecule has 108 valence electrons. The van der Waals surface area contributed by atoms with E-state index < -0.39 is 10.0 Å². The summed E-state index contributed by atoms with van der Waals surface area (Å²) in [6.45, 7) is 2.53. The van der Waals surface area contributed by atoms with Gasteiger partial charge in [0.2, 0.25) is 10.0 Å². The van der Waals surface area contributed by atoms with Crippen molar-refractivity contribution in [2.75, 3.05) is 12.3 Å². The number of hydrogen-bond donors (Lipinski definition) is 3. The summed E-state index contributed by atoms with van der Waals surface area (Å²) in [5, 5.41) is 18.0. The standard InChI is InChI=1S/C12H19BrN2O3S/c1-2-11(15-6-3-7-19(14,17)18)10-8-9(13)4-5-12(10)16/h4-5,8,11,15-16H,2-3,6-7H2,1H3,(H2,14,17,18). The molecule has 0 amide bonds. The minimum atomic E-state index is -3.41. The molecule has 19 heavy (non-hydrogen) atoms. The fourth-order valence-electron chi connectivity index (χ4n) is 1.83. The van der Waals surface area contributed by atoms with E-state index in [1.165, 1.54) is 0 Å². The number of hydrogen-bond acceptors (Lipinski definition) is 4. The predicted octanol–water partition coefficient (Wildman–Crippen LogP) is 1.87. The molecule has 0 aromatic heterocycles. The van der Waals surface area contributed by atoms with Gasteiger partial charge in [-0.15, -0.1) is 0 Å². The zero-order valence-corrected chi connectivity index (χ0v) is 13.2. The van der Waals surface area contributed by atoms with Crippen LogP contribution in [-0.4, -0.2) is 25.8 Å². The summed E-state index contributed by atoms with van der Waals surface area (Å²) >= 11 is 3.37. The largest absolute Gasteiger partial charge is 0.508 e. The zero-order valence-electron chi connectivity index (χ0n) is 10.8. The van der Waals surface area contributed by atoms with E-state index in [1.54, 1.807) is 12.1 Å². The van der Waals surface area contributed by atoms with E-state index >= 15 is 0 Å². The van der Waals surface area contributed by atoms with Gasteiger partial charge in [0.15, 0.2) is 0 Å². The van der Waals surface area contributed by atoms with Crippen LogP contribution in [0.2, 0.25) is 0 Å². The molecule has 5 nitrogen and oxygen atoms in total. The Bertz CT molecular complexity index is 520. The number of nitrogens with two attached hydrogens (primary N) is 1. The Morgan fingerprint density at radius 2 is 2.16 bits per heavy atom. The summed E-state index contributed by atoms with van der Waals surface area (Å²) in [7, 11) is -3.41. The number of benzene rings is 1. The van der Waals surface area contributed by atoms with Crippen molar-refractivity contribution >= 4 is 26.0 Å². The highest BCUT2D eigenvalue weighted by Crippen LogP contribution is 2.29. The van der Waals surface area contributed by atoms with Crippen molar-refractivity contribution in [1.29, 1.82) is 0 Å². The van der Waals surface area contributed by atoms with Gasteiger partial charge >= 0.3 is 0 Å². The zero-order chi connectivity index (χ0) is 14.5. The molecule has 4 N–H and O–H groups in total. The molecule has 1 atom stereocenters. The first-order valence-electron chi connectivity index (χ1n) is 6.05. The molecule has 0 fully saturated rings. The number of halogens is 1. The van der Waals surface area contributed by atoms with Crippen LogP contribution < -0.4 is 10.5 Å². The Kier molecular flexibility index (Phi) is 6.25. The minimum absolute atomic E-state index is 0.0158. The van der Waals surface area contributed by atoms with E-state index in [9.17, 15) is 13.5 Å². The number of rotatable bonds is 7. The Morgan fingerprint density at radius 3 is 2.74 bits per heavy atom. The molecule has 1 rings (SSSR count). The van der Waals surface area contributed by atoms with Crippen molar-refractivity contribution in [2.24, 2.45) is 5.14 Å². The number of primary sulfonamides is 1. The normalized spacial score (nSPS) is 13.4. The molecular weight excluding hydrogens is 332 g/mol. The van der Waals surface area contributed by atoms with Crippen LogP contribution in [0.25, 0.3) is 0 Å². The molecule has 0 saturated carbocycles. The smallest absolute Gasteiger partial charge is 0.209 e. The van der Waals surface area contributed by atoms with Crippen molar-refractivity contribution < 1.29 is 13.5 Å². The Labute approximate surface area is 122 Å². The summed E-state index contributed by atoms with van der Waals surface area (Å²) in [6, 6.07) is 5.24. The highest BCUT2D eigenvalue weighted by molar-refractivity contribution is 9.10. The summed E-state index contributed by atoms with van der Waals surface area (Å²) in [4.78, 5) is 0. The van der Waals surface area contributed by atoms with Crippen molar-refractivity contribution in [1.82, 2.24) is 5.32 Å². The molecule has 1 unspecified atom stereocenters. The quantitative estimate of drug-likeness (QED) is 0.654. The second-order valence-electron chi connectivity index (χ2n) is 4.34. The number of sulfonamides is 1. The molecule has 0 bridgehead atoms. The Hall–Kier alpha value is -0.630. The molecule has 0 spiro atoms. The first-order valence-corrected chi connectivity index (χ1v) is 8.56. The summed E-state index contributed by atoms with van der Waals surface area (Å²) < 4.78 is 22.5. The third-order valence-corrected chi connectivity index (χ3v) is 4.12. The van der Waals surface area contributed by atoms with Crippen LogP contribution in [0.5, 0.6) is 5.75 Å². The lowest BCUT2D eigenvalue weighted by atomic mass is 10.0. The molecule has 0 aliphatic heterocycles. The van der Waals surface area contributed by atoms with E-state index in [2.05, 4.69) is 21.2 Å². The number of aromatic hydroxyl groups is 1. The van der Waals surface area contributed by atoms with Gasteiger partial charge in [0.05, 0.1) is 5.75 Å². The van der Waals surface area contributed by atoms with E-state index in [0.29, 0.717) is 13.0 Å². The third-order valence-electron chi connectivity index (χ3n) is 2.77. The molecule has 1 aromatic carbocycles. The number of phenolic OH excluding ortho intramolecular Hbond substituents is 1. The molecule has 0 aliphatic carbocycles. The van der Waals surface area contributed by atoms with Gasteiger partial charge in [-0.3, -0.25) is 0 Å². The molecule has 0 radical (unpaired) electrons. The summed E-state index contributed by atoms with van der Waals surface area (Å²) in [5.74, 6) is 0.190. The highest BCUT2D eigenvalue weighted by atomic mass is 79.9. The maximum absolute atomic E-state index is 10.8. The van der Waals surface area contributed by atoms with E-state index in [-0.39, 0.29) is 17.5 Å². The van der Waals surface area contributed by atoms with Crippen molar-refractivity contribution in [3.05, 3.63) is 28.2 Å². The van der Waals surface area contributed by atoms with Crippen molar-refractivity contribution in [2.45, 2.75) is 25.8 Å². The van der Waals surface area contributed by atoms with Gasteiger partial charge in [0.1, 0.15) is 5.75 Å². The predicted molar refractivity (Wildman–Crippen MR) is 79.4 cm³/mol. The lowest BCUT2D eigenvalue weighted by molar-refractivity contribution is 0.441.